The maximum Gasteiger partial charge on any atom is 0.332 e. The predicted octanol–water partition coefficient (Wildman–Crippen LogP) is 5.63. The van der Waals surface area contributed by atoms with E-state index in [4.69, 9.17) is 19.5 Å². The van der Waals surface area contributed by atoms with E-state index in [1.54, 1.807) is 24.3 Å². The Balaban J connectivity index is 1.78. The zero-order valence-corrected chi connectivity index (χ0v) is 18.9. The van der Waals surface area contributed by atoms with Gasteiger partial charge in [-0.1, -0.05) is 32.1 Å². The minimum absolute atomic E-state index is 0.420. The summed E-state index contributed by atoms with van der Waals surface area (Å²) in [5, 5.41) is 12.2. The summed E-state index contributed by atoms with van der Waals surface area (Å²) >= 11 is 0. The third kappa shape index (κ3) is 6.65. The van der Waals surface area contributed by atoms with Crippen LogP contribution in [0.4, 0.5) is 5.69 Å². The molecule has 170 valence electrons. The fraction of sp³-hybridized carbons (Fsp3) is 0.462. The van der Waals surface area contributed by atoms with Crippen LogP contribution in [0, 0.1) is 17.2 Å². The highest BCUT2D eigenvalue weighted by molar-refractivity contribution is 5.81. The Morgan fingerprint density at radius 3 is 2.41 bits per heavy atom. The first-order valence-electron chi connectivity index (χ1n) is 11.4. The molecule has 0 heterocycles. The van der Waals surface area contributed by atoms with Gasteiger partial charge in [-0.15, -0.1) is 0 Å². The number of nitriles is 1. The number of carbonyl (C=O) groups excluding carboxylic acids is 1. The highest BCUT2D eigenvalue weighted by Gasteiger charge is 2.23. The van der Waals surface area contributed by atoms with E-state index in [0.717, 1.165) is 12.3 Å². The van der Waals surface area contributed by atoms with Crippen molar-refractivity contribution < 1.29 is 19.0 Å². The lowest BCUT2D eigenvalue weighted by Gasteiger charge is -2.22. The average molecular weight is 437 g/mol. The van der Waals surface area contributed by atoms with Gasteiger partial charge in [0.2, 0.25) is 0 Å². The fourth-order valence-electron chi connectivity index (χ4n) is 4.12. The number of ether oxygens (including phenoxy) is 3. The Bertz CT molecular complexity index is 914. The average Bonchev–Trinajstić information content (AvgIpc) is 2.83. The van der Waals surface area contributed by atoms with Gasteiger partial charge in [-0.05, 0) is 61.2 Å². The molecule has 1 saturated carbocycles. The molecule has 32 heavy (non-hydrogen) atoms. The summed E-state index contributed by atoms with van der Waals surface area (Å²) in [4.78, 5) is 12.6. The van der Waals surface area contributed by atoms with Crippen molar-refractivity contribution in [3.63, 3.8) is 0 Å². The maximum absolute atomic E-state index is 12.6. The number of methoxy groups -OCH3 is 1. The van der Waals surface area contributed by atoms with E-state index in [1.807, 2.05) is 25.1 Å². The van der Waals surface area contributed by atoms with Crippen molar-refractivity contribution in [1.82, 2.24) is 0 Å². The summed E-state index contributed by atoms with van der Waals surface area (Å²) in [6, 6.07) is 13.8. The molecular formula is C26H32N2O4. The zero-order valence-electron chi connectivity index (χ0n) is 18.9. The fourth-order valence-corrected chi connectivity index (χ4v) is 4.12. The summed E-state index contributed by atoms with van der Waals surface area (Å²) in [5.41, 5.74) is 1.96. The van der Waals surface area contributed by atoms with Crippen molar-refractivity contribution in [3.8, 4) is 17.6 Å². The van der Waals surface area contributed by atoms with Gasteiger partial charge in [0.25, 0.3) is 0 Å². The van der Waals surface area contributed by atoms with E-state index in [-0.39, 0.29) is 0 Å². The van der Waals surface area contributed by atoms with Gasteiger partial charge in [0.15, 0.2) is 6.04 Å². The highest BCUT2D eigenvalue weighted by atomic mass is 16.5. The largest absolute Gasteiger partial charge is 0.494 e. The number of benzene rings is 2. The SMILES string of the molecule is CCOc1cc(OCCC2CCCCC2)cc(C(Nc2ccc(C#N)cc2)C(=O)OC)c1. The predicted molar refractivity (Wildman–Crippen MR) is 124 cm³/mol. The molecule has 2 aromatic rings. The van der Waals surface area contributed by atoms with Gasteiger partial charge in [-0.3, -0.25) is 0 Å². The second-order valence-electron chi connectivity index (χ2n) is 8.10. The van der Waals surface area contributed by atoms with Crippen molar-refractivity contribution in [2.45, 2.75) is 51.5 Å². The van der Waals surface area contributed by atoms with Crippen LogP contribution >= 0.6 is 0 Å². The van der Waals surface area contributed by atoms with Crippen LogP contribution in [-0.2, 0) is 9.53 Å². The Hall–Kier alpha value is -3.20. The molecule has 1 fully saturated rings. The van der Waals surface area contributed by atoms with Gasteiger partial charge < -0.3 is 19.5 Å². The van der Waals surface area contributed by atoms with Crippen molar-refractivity contribution in [3.05, 3.63) is 53.6 Å². The van der Waals surface area contributed by atoms with Gasteiger partial charge in [0.05, 0.1) is 32.0 Å². The van der Waals surface area contributed by atoms with E-state index in [2.05, 4.69) is 11.4 Å². The summed E-state index contributed by atoms with van der Waals surface area (Å²) in [7, 11) is 1.36. The summed E-state index contributed by atoms with van der Waals surface area (Å²) < 4.78 is 16.9. The van der Waals surface area contributed by atoms with Crippen molar-refractivity contribution >= 4 is 11.7 Å². The molecular weight excluding hydrogens is 404 g/mol. The number of anilines is 1. The molecule has 0 spiro atoms. The van der Waals surface area contributed by atoms with Crippen LogP contribution in [0.5, 0.6) is 11.5 Å². The van der Waals surface area contributed by atoms with Crippen LogP contribution in [0.1, 0.15) is 62.6 Å². The molecule has 0 aromatic heterocycles. The van der Waals surface area contributed by atoms with E-state index >= 15 is 0 Å². The van der Waals surface area contributed by atoms with E-state index in [0.29, 0.717) is 41.5 Å². The third-order valence-corrected chi connectivity index (χ3v) is 5.83. The molecule has 1 N–H and O–H groups in total. The minimum atomic E-state index is -0.742. The topological polar surface area (TPSA) is 80.6 Å². The molecule has 0 amide bonds. The van der Waals surface area contributed by atoms with Gasteiger partial charge in [-0.2, -0.15) is 5.26 Å². The maximum atomic E-state index is 12.6. The second-order valence-corrected chi connectivity index (χ2v) is 8.10. The van der Waals surface area contributed by atoms with Gasteiger partial charge in [-0.25, -0.2) is 4.79 Å². The highest BCUT2D eigenvalue weighted by Crippen LogP contribution is 2.31. The number of rotatable bonds is 10. The first-order valence-corrected chi connectivity index (χ1v) is 11.4. The Morgan fingerprint density at radius 1 is 1.09 bits per heavy atom. The van der Waals surface area contributed by atoms with Crippen molar-refractivity contribution in [2.75, 3.05) is 25.6 Å². The summed E-state index contributed by atoms with van der Waals surface area (Å²) in [5.74, 6) is 1.64. The van der Waals surface area contributed by atoms with E-state index < -0.39 is 12.0 Å². The molecule has 2 aromatic carbocycles. The summed E-state index contributed by atoms with van der Waals surface area (Å²) in [6.45, 7) is 3.08. The second kappa shape index (κ2) is 12.0. The van der Waals surface area contributed by atoms with Crippen LogP contribution in [0.25, 0.3) is 0 Å². The first-order chi connectivity index (χ1) is 15.6. The molecule has 1 unspecified atom stereocenters. The first kappa shape index (κ1) is 23.5. The molecule has 1 aliphatic carbocycles. The molecule has 1 aliphatic rings. The number of nitrogens with zero attached hydrogens (tertiary/aromatic N) is 1. The van der Waals surface area contributed by atoms with Crippen LogP contribution in [0.3, 0.4) is 0 Å². The van der Waals surface area contributed by atoms with Crippen LogP contribution in [0.15, 0.2) is 42.5 Å². The molecule has 1 atom stereocenters. The van der Waals surface area contributed by atoms with E-state index in [1.165, 1.54) is 39.2 Å². The third-order valence-electron chi connectivity index (χ3n) is 5.83. The van der Waals surface area contributed by atoms with Crippen LogP contribution in [0.2, 0.25) is 0 Å². The number of nitrogens with one attached hydrogen (secondary N) is 1. The molecule has 0 bridgehead atoms. The molecule has 0 saturated heterocycles. The monoisotopic (exact) mass is 436 g/mol. The Labute approximate surface area is 190 Å². The molecule has 0 radical (unpaired) electrons. The lowest BCUT2D eigenvalue weighted by molar-refractivity contribution is -0.141. The van der Waals surface area contributed by atoms with Gasteiger partial charge in [0.1, 0.15) is 11.5 Å². The number of hydrogen-bond acceptors (Lipinski definition) is 6. The van der Waals surface area contributed by atoms with Crippen molar-refractivity contribution in [1.29, 1.82) is 5.26 Å². The molecule has 3 rings (SSSR count). The van der Waals surface area contributed by atoms with Crippen LogP contribution < -0.4 is 14.8 Å². The lowest BCUT2D eigenvalue weighted by atomic mass is 9.87. The summed E-state index contributed by atoms with van der Waals surface area (Å²) in [6.07, 6.45) is 7.59. The normalized spacial score (nSPS) is 14.8. The smallest absolute Gasteiger partial charge is 0.332 e. The van der Waals surface area contributed by atoms with Crippen molar-refractivity contribution in [2.24, 2.45) is 5.92 Å². The zero-order chi connectivity index (χ0) is 22.8. The number of carbonyl (C=O) groups is 1. The van der Waals surface area contributed by atoms with E-state index in [9.17, 15) is 4.79 Å². The standard InChI is InChI=1S/C26H32N2O4/c1-3-31-23-15-21(16-24(17-23)32-14-13-19-7-5-4-6-8-19)25(26(29)30-2)28-22-11-9-20(18-27)10-12-22/h9-12,15-17,19,25,28H,3-8,13-14H2,1-2H3. The molecule has 6 heteroatoms. The Kier molecular flexibility index (Phi) is 8.79. The molecule has 0 aliphatic heterocycles. The van der Waals surface area contributed by atoms with Crippen LogP contribution in [-0.4, -0.2) is 26.3 Å². The quantitative estimate of drug-likeness (QED) is 0.486. The number of esters is 1. The minimum Gasteiger partial charge on any atom is -0.494 e. The van der Waals surface area contributed by atoms with Gasteiger partial charge >= 0.3 is 5.97 Å². The number of hydrogen-bond donors (Lipinski definition) is 1. The molecule has 6 nitrogen and oxygen atoms in total. The Morgan fingerprint density at radius 2 is 1.78 bits per heavy atom. The lowest BCUT2D eigenvalue weighted by Crippen LogP contribution is -2.22. The van der Waals surface area contributed by atoms with Gasteiger partial charge in [0, 0.05) is 11.8 Å².